The minimum absolute atomic E-state index is 0.0524. The molecule has 2 atom stereocenters. The van der Waals surface area contributed by atoms with Gasteiger partial charge in [-0.3, -0.25) is 9.79 Å². The first-order chi connectivity index (χ1) is 16.9. The number of rotatable bonds is 7. The molecule has 0 unspecified atom stereocenters. The van der Waals surface area contributed by atoms with Crippen LogP contribution in [0.1, 0.15) is 55.3 Å². The third kappa shape index (κ3) is 4.50. The molecule has 0 aromatic carbocycles. The number of aromatic nitrogens is 5. The number of carbonyl (C=O) groups excluding carboxylic acids is 1. The third-order valence-corrected chi connectivity index (χ3v) is 7.17. The Morgan fingerprint density at radius 3 is 2.94 bits per heavy atom. The zero-order chi connectivity index (χ0) is 24.6. The lowest BCUT2D eigenvalue weighted by Crippen LogP contribution is -2.44. The number of piperidine rings is 1. The molecule has 1 saturated carbocycles. The van der Waals surface area contributed by atoms with Gasteiger partial charge in [-0.05, 0) is 37.2 Å². The van der Waals surface area contributed by atoms with Gasteiger partial charge in [-0.1, -0.05) is 19.0 Å². The number of aliphatic imine (C=N–C) groups is 1. The molecule has 3 N–H and O–H groups in total. The van der Waals surface area contributed by atoms with Crippen LogP contribution in [0.15, 0.2) is 34.2 Å². The van der Waals surface area contributed by atoms with Crippen LogP contribution in [-0.2, 0) is 5.41 Å². The molecule has 1 aliphatic carbocycles. The standard InChI is InChI=1S/C24H31N9O2/c1-15-13-32(21-19-4-8-28-33(19)14-18(29-21)17(10-25)11-26-3)9-5-16(15)12-27-22(34)20-30-23(35-31-20)24(2)6-7-24/h4,8,10-11,14-16H,5-7,9,12-13,25H2,1-3H3,(H,27,34)/t15-,16-/m1/s1. The van der Waals surface area contributed by atoms with Crippen LogP contribution in [0.2, 0.25) is 0 Å². The van der Waals surface area contributed by atoms with Crippen LogP contribution in [0.5, 0.6) is 0 Å². The maximum atomic E-state index is 12.6. The summed E-state index contributed by atoms with van der Waals surface area (Å²) in [4.78, 5) is 28.2. The lowest BCUT2D eigenvalue weighted by molar-refractivity contribution is 0.0926. The van der Waals surface area contributed by atoms with Crippen molar-refractivity contribution >= 4 is 29.0 Å². The van der Waals surface area contributed by atoms with Gasteiger partial charge in [0, 0.05) is 50.1 Å². The van der Waals surface area contributed by atoms with Crippen LogP contribution < -0.4 is 16.0 Å². The molecule has 2 aliphatic rings. The average Bonchev–Trinajstić information content (AvgIpc) is 3.26. The van der Waals surface area contributed by atoms with Crippen LogP contribution in [0.4, 0.5) is 5.82 Å². The van der Waals surface area contributed by atoms with Crippen LogP contribution in [0.25, 0.3) is 11.1 Å². The Bertz CT molecular complexity index is 1290. The summed E-state index contributed by atoms with van der Waals surface area (Å²) in [6.45, 7) is 6.47. The van der Waals surface area contributed by atoms with Crippen molar-refractivity contribution in [3.05, 3.63) is 42.1 Å². The quantitative estimate of drug-likeness (QED) is 0.493. The Balaban J connectivity index is 1.25. The minimum atomic E-state index is -0.284. The van der Waals surface area contributed by atoms with Crippen molar-refractivity contribution in [2.24, 2.45) is 22.6 Å². The summed E-state index contributed by atoms with van der Waals surface area (Å²) in [5, 5.41) is 11.3. The van der Waals surface area contributed by atoms with Crippen molar-refractivity contribution in [3.8, 4) is 0 Å². The minimum Gasteiger partial charge on any atom is -0.404 e. The van der Waals surface area contributed by atoms with Crippen molar-refractivity contribution in [3.63, 3.8) is 0 Å². The molecule has 1 aliphatic heterocycles. The van der Waals surface area contributed by atoms with Crippen LogP contribution in [0.3, 0.4) is 0 Å². The van der Waals surface area contributed by atoms with Gasteiger partial charge in [-0.15, -0.1) is 0 Å². The van der Waals surface area contributed by atoms with E-state index < -0.39 is 0 Å². The van der Waals surface area contributed by atoms with Gasteiger partial charge in [0.2, 0.25) is 5.89 Å². The van der Waals surface area contributed by atoms with E-state index in [0.717, 1.165) is 49.3 Å². The third-order valence-electron chi connectivity index (χ3n) is 7.17. The number of hydrogen-bond acceptors (Lipinski definition) is 9. The molecule has 2 fully saturated rings. The number of carbonyl (C=O) groups is 1. The molecule has 3 aromatic rings. The highest BCUT2D eigenvalue weighted by atomic mass is 16.5. The van der Waals surface area contributed by atoms with E-state index in [1.54, 1.807) is 19.5 Å². The first-order valence-electron chi connectivity index (χ1n) is 12.0. The predicted molar refractivity (Wildman–Crippen MR) is 132 cm³/mol. The van der Waals surface area contributed by atoms with E-state index in [-0.39, 0.29) is 17.1 Å². The number of nitrogens with two attached hydrogens (primary N) is 1. The van der Waals surface area contributed by atoms with Crippen LogP contribution in [0, 0.1) is 11.8 Å². The highest BCUT2D eigenvalue weighted by Crippen LogP contribution is 2.46. The molecule has 11 nitrogen and oxygen atoms in total. The Morgan fingerprint density at radius 1 is 1.40 bits per heavy atom. The molecule has 35 heavy (non-hydrogen) atoms. The molecular weight excluding hydrogens is 446 g/mol. The lowest BCUT2D eigenvalue weighted by Gasteiger charge is -2.38. The summed E-state index contributed by atoms with van der Waals surface area (Å²) in [6, 6.07) is 1.96. The number of nitrogens with one attached hydrogen (secondary N) is 1. The van der Waals surface area contributed by atoms with E-state index in [2.05, 4.69) is 44.3 Å². The van der Waals surface area contributed by atoms with Crippen LogP contribution >= 0.6 is 0 Å². The van der Waals surface area contributed by atoms with Gasteiger partial charge in [-0.2, -0.15) is 10.1 Å². The summed E-state index contributed by atoms with van der Waals surface area (Å²) in [7, 11) is 1.70. The number of hydrogen-bond donors (Lipinski definition) is 2. The Morgan fingerprint density at radius 2 is 2.23 bits per heavy atom. The summed E-state index contributed by atoms with van der Waals surface area (Å²) in [5.41, 5.74) is 8.15. The van der Waals surface area contributed by atoms with E-state index in [0.29, 0.717) is 30.0 Å². The van der Waals surface area contributed by atoms with Crippen molar-refractivity contribution in [2.45, 2.75) is 38.5 Å². The monoisotopic (exact) mass is 477 g/mol. The molecule has 184 valence electrons. The Hall–Kier alpha value is -3.76. The molecule has 4 heterocycles. The number of nitrogens with zero attached hydrogens (tertiary/aromatic N) is 7. The predicted octanol–water partition coefficient (Wildman–Crippen LogP) is 2.06. The fourth-order valence-electron chi connectivity index (χ4n) is 4.57. The van der Waals surface area contributed by atoms with Crippen molar-refractivity contribution in [1.29, 1.82) is 0 Å². The largest absolute Gasteiger partial charge is 0.404 e. The van der Waals surface area contributed by atoms with Gasteiger partial charge in [-0.25, -0.2) is 9.50 Å². The summed E-state index contributed by atoms with van der Waals surface area (Å²) >= 11 is 0. The van der Waals surface area contributed by atoms with Gasteiger partial charge in [0.25, 0.3) is 11.7 Å². The smallest absolute Gasteiger partial charge is 0.292 e. The maximum Gasteiger partial charge on any atom is 0.292 e. The zero-order valence-corrected chi connectivity index (χ0v) is 20.3. The van der Waals surface area contributed by atoms with Gasteiger partial charge < -0.3 is 20.5 Å². The molecule has 1 saturated heterocycles. The second-order valence-electron chi connectivity index (χ2n) is 9.79. The molecule has 5 rings (SSSR count). The van der Waals surface area contributed by atoms with Crippen molar-refractivity contribution in [1.82, 2.24) is 30.1 Å². The highest BCUT2D eigenvalue weighted by Gasteiger charge is 2.45. The first kappa shape index (κ1) is 23.0. The maximum absolute atomic E-state index is 12.6. The number of amides is 1. The molecular formula is C24H31N9O2. The first-order valence-corrected chi connectivity index (χ1v) is 12.0. The summed E-state index contributed by atoms with van der Waals surface area (Å²) in [5.74, 6) is 1.92. The lowest BCUT2D eigenvalue weighted by atomic mass is 9.86. The van der Waals surface area contributed by atoms with E-state index in [4.69, 9.17) is 15.2 Å². The average molecular weight is 478 g/mol. The van der Waals surface area contributed by atoms with E-state index in [1.165, 1.54) is 6.20 Å². The second-order valence-corrected chi connectivity index (χ2v) is 9.79. The molecule has 1 amide bonds. The highest BCUT2D eigenvalue weighted by molar-refractivity contribution is 6.08. The molecule has 0 bridgehead atoms. The number of anilines is 1. The molecule has 0 radical (unpaired) electrons. The zero-order valence-electron chi connectivity index (χ0n) is 20.3. The van der Waals surface area contributed by atoms with E-state index in [1.807, 2.05) is 16.8 Å². The molecule has 3 aromatic heterocycles. The van der Waals surface area contributed by atoms with Crippen molar-refractivity contribution < 1.29 is 9.32 Å². The fourth-order valence-corrected chi connectivity index (χ4v) is 4.57. The fraction of sp³-hybridized carbons (Fsp3) is 0.500. The van der Waals surface area contributed by atoms with Gasteiger partial charge in [0.15, 0.2) is 5.82 Å². The van der Waals surface area contributed by atoms with Gasteiger partial charge in [0.1, 0.15) is 5.52 Å². The van der Waals surface area contributed by atoms with E-state index >= 15 is 0 Å². The van der Waals surface area contributed by atoms with Crippen LogP contribution in [-0.4, -0.2) is 63.5 Å². The Kier molecular flexibility index (Phi) is 6.00. The normalized spacial score (nSPS) is 22.1. The Labute approximate surface area is 203 Å². The van der Waals surface area contributed by atoms with Gasteiger partial charge >= 0.3 is 0 Å². The number of fused-ring (bicyclic) bond motifs is 1. The van der Waals surface area contributed by atoms with Gasteiger partial charge in [0.05, 0.1) is 18.1 Å². The second kappa shape index (κ2) is 9.12. The summed E-state index contributed by atoms with van der Waals surface area (Å²) < 4.78 is 7.13. The topological polar surface area (TPSA) is 140 Å². The molecule has 0 spiro atoms. The number of allylic oxidation sites excluding steroid dienone is 1. The SMILES string of the molecule is CN=CC(=CN)c1cn2nccc2c(N2CC[C@H](CNC(=O)c3noc(C4(C)CC4)n3)[C@H](C)C2)n1. The van der Waals surface area contributed by atoms with Crippen molar-refractivity contribution in [2.75, 3.05) is 31.6 Å². The summed E-state index contributed by atoms with van der Waals surface area (Å²) in [6.07, 6.45) is 9.78. The van der Waals surface area contributed by atoms with E-state index in [9.17, 15) is 4.79 Å². The molecule has 11 heteroatoms.